The lowest BCUT2D eigenvalue weighted by Gasteiger charge is -2.23. The Bertz CT molecular complexity index is 1940. The highest BCUT2D eigenvalue weighted by Crippen LogP contribution is 2.46. The zero-order chi connectivity index (χ0) is 32.1. The quantitative estimate of drug-likeness (QED) is 0.111. The van der Waals surface area contributed by atoms with Crippen molar-refractivity contribution in [1.29, 1.82) is 0 Å². The molecule has 0 fully saturated rings. The second-order valence-electron chi connectivity index (χ2n) is 11.4. The van der Waals surface area contributed by atoms with Crippen LogP contribution in [0.3, 0.4) is 0 Å². The molecule has 2 N–H and O–H groups in total. The van der Waals surface area contributed by atoms with Crippen molar-refractivity contribution >= 4 is 56.9 Å². The summed E-state index contributed by atoms with van der Waals surface area (Å²) in [5.74, 6) is -2.02. The van der Waals surface area contributed by atoms with Gasteiger partial charge in [-0.1, -0.05) is 86.6 Å². The number of ketones is 1. The molecule has 6 rings (SSSR count). The molecule has 0 spiro atoms. The number of Topliss-reactive ketones (excluding diaryl/α,β-unsaturated/α-hetero) is 1. The normalized spacial score (nSPS) is 14.4. The second-order valence-corrected chi connectivity index (χ2v) is 11.4. The molecule has 1 heterocycles. The third-order valence-electron chi connectivity index (χ3n) is 8.11. The number of rotatable bonds is 7. The molecule has 1 aliphatic heterocycles. The molecule has 0 aromatic heterocycles. The smallest absolute Gasteiger partial charge is 0.335 e. The highest BCUT2D eigenvalue weighted by Gasteiger charge is 2.37. The topological polar surface area (TPSA) is 107 Å². The third-order valence-corrected chi connectivity index (χ3v) is 8.11. The standard InChI is InChI=1S/C20H20N2O2.C18H14O3/c1-20(2)16-9-4-5-10-17(16)22(3)18(20)11-12-21-15-8-6-7-14(13-15)19(23)24;19-16(9-10-17(20)21)18-14-7-3-1-5-12(14)11-13-6-2-4-8-15(13)18/h4-13H,1-3H3,(H,23,24);1-8,11H,9-10H2,(H,20,21). The first-order valence-corrected chi connectivity index (χ1v) is 14.6. The molecule has 0 radical (unpaired) electrons. The van der Waals surface area contributed by atoms with Crippen LogP contribution in [-0.4, -0.2) is 41.2 Å². The number of likely N-dealkylation sites (N-methyl/N-ethyl adjacent to an activating group) is 1. The highest BCUT2D eigenvalue weighted by molar-refractivity contribution is 6.19. The van der Waals surface area contributed by atoms with Gasteiger partial charge in [0.15, 0.2) is 5.78 Å². The average Bonchev–Trinajstić information content (AvgIpc) is 3.23. The number of aromatic carboxylic acids is 1. The maximum atomic E-state index is 12.5. The molecular weight excluding hydrogens is 564 g/mol. The minimum absolute atomic E-state index is 0.0212. The number of hydrogen-bond donors (Lipinski definition) is 2. The molecule has 7 nitrogen and oxygen atoms in total. The van der Waals surface area contributed by atoms with Crippen LogP contribution < -0.4 is 4.90 Å². The van der Waals surface area contributed by atoms with Gasteiger partial charge in [0, 0.05) is 42.0 Å². The fourth-order valence-corrected chi connectivity index (χ4v) is 5.87. The van der Waals surface area contributed by atoms with Gasteiger partial charge in [0.1, 0.15) is 0 Å². The van der Waals surface area contributed by atoms with Gasteiger partial charge in [-0.2, -0.15) is 0 Å². The lowest BCUT2D eigenvalue weighted by Crippen LogP contribution is -2.23. The van der Waals surface area contributed by atoms with Crippen molar-refractivity contribution in [3.63, 3.8) is 0 Å². The van der Waals surface area contributed by atoms with E-state index in [1.807, 2.05) is 60.7 Å². The van der Waals surface area contributed by atoms with Crippen LogP contribution in [0.4, 0.5) is 11.4 Å². The lowest BCUT2D eigenvalue weighted by molar-refractivity contribution is -0.136. The maximum Gasteiger partial charge on any atom is 0.335 e. The summed E-state index contributed by atoms with van der Waals surface area (Å²) in [6, 6.07) is 32.5. The van der Waals surface area contributed by atoms with Gasteiger partial charge in [-0.3, -0.25) is 14.6 Å². The molecule has 1 aliphatic rings. The summed E-state index contributed by atoms with van der Waals surface area (Å²) < 4.78 is 0. The summed E-state index contributed by atoms with van der Waals surface area (Å²) in [6.45, 7) is 4.39. The van der Waals surface area contributed by atoms with Crippen LogP contribution in [-0.2, 0) is 10.2 Å². The number of carboxylic acids is 2. The number of aliphatic imine (C=N–C) groups is 1. The van der Waals surface area contributed by atoms with Crippen LogP contribution in [0.5, 0.6) is 0 Å². The Labute approximate surface area is 261 Å². The first-order valence-electron chi connectivity index (χ1n) is 14.6. The lowest BCUT2D eigenvalue weighted by atomic mass is 9.84. The van der Waals surface area contributed by atoms with Crippen LogP contribution in [0.1, 0.15) is 53.0 Å². The van der Waals surface area contributed by atoms with E-state index >= 15 is 0 Å². The molecule has 0 unspecified atom stereocenters. The van der Waals surface area contributed by atoms with Crippen LogP contribution in [0.15, 0.2) is 120 Å². The van der Waals surface area contributed by atoms with Gasteiger partial charge in [-0.05, 0) is 63.5 Å². The molecule has 0 bridgehead atoms. The van der Waals surface area contributed by atoms with Crippen molar-refractivity contribution in [2.75, 3.05) is 11.9 Å². The number of hydrogen-bond acceptors (Lipinski definition) is 5. The van der Waals surface area contributed by atoms with E-state index in [2.05, 4.69) is 55.1 Å². The Morgan fingerprint density at radius 1 is 0.778 bits per heavy atom. The van der Waals surface area contributed by atoms with Crippen LogP contribution in [0, 0.1) is 0 Å². The van der Waals surface area contributed by atoms with Crippen molar-refractivity contribution in [2.24, 2.45) is 4.99 Å². The van der Waals surface area contributed by atoms with E-state index in [9.17, 15) is 14.4 Å². The summed E-state index contributed by atoms with van der Waals surface area (Å²) in [5, 5.41) is 21.6. The van der Waals surface area contributed by atoms with Crippen LogP contribution >= 0.6 is 0 Å². The predicted octanol–water partition coefficient (Wildman–Crippen LogP) is 8.44. The summed E-state index contributed by atoms with van der Waals surface area (Å²) >= 11 is 0. The van der Waals surface area contributed by atoms with Crippen LogP contribution in [0.2, 0.25) is 0 Å². The van der Waals surface area contributed by atoms with Crippen molar-refractivity contribution < 1.29 is 24.6 Å². The molecule has 0 atom stereocenters. The van der Waals surface area contributed by atoms with E-state index in [0.29, 0.717) is 11.3 Å². The Balaban J connectivity index is 0.000000179. The van der Waals surface area contributed by atoms with E-state index in [-0.39, 0.29) is 29.6 Å². The number of fused-ring (bicyclic) bond motifs is 3. The van der Waals surface area contributed by atoms with Gasteiger partial charge >= 0.3 is 11.9 Å². The van der Waals surface area contributed by atoms with Gasteiger partial charge in [0.25, 0.3) is 0 Å². The van der Waals surface area contributed by atoms with Gasteiger partial charge in [-0.15, -0.1) is 0 Å². The summed E-state index contributed by atoms with van der Waals surface area (Å²) in [7, 11) is 2.05. The van der Waals surface area contributed by atoms with Crippen LogP contribution in [0.25, 0.3) is 21.5 Å². The number of aliphatic carboxylic acids is 1. The molecule has 45 heavy (non-hydrogen) atoms. The summed E-state index contributed by atoms with van der Waals surface area (Å²) in [6.07, 6.45) is 3.61. The number of para-hydroxylation sites is 1. The van der Waals surface area contributed by atoms with E-state index in [4.69, 9.17) is 10.2 Å². The Morgan fingerprint density at radius 2 is 1.40 bits per heavy atom. The molecule has 7 heteroatoms. The van der Waals surface area contributed by atoms with Crippen molar-refractivity contribution in [3.8, 4) is 0 Å². The zero-order valence-corrected chi connectivity index (χ0v) is 25.4. The van der Waals surface area contributed by atoms with E-state index in [1.54, 1.807) is 30.5 Å². The molecule has 0 aliphatic carbocycles. The third kappa shape index (κ3) is 6.53. The molecular formula is C38H34N2O5. The van der Waals surface area contributed by atoms with Crippen molar-refractivity contribution in [2.45, 2.75) is 32.1 Å². The van der Waals surface area contributed by atoms with Gasteiger partial charge in [-0.25, -0.2) is 4.79 Å². The minimum atomic E-state index is -0.951. The van der Waals surface area contributed by atoms with Crippen molar-refractivity contribution in [1.82, 2.24) is 0 Å². The Morgan fingerprint density at radius 3 is 2.02 bits per heavy atom. The zero-order valence-electron chi connectivity index (χ0n) is 25.4. The fourth-order valence-electron chi connectivity index (χ4n) is 5.87. The largest absolute Gasteiger partial charge is 0.481 e. The maximum absolute atomic E-state index is 12.5. The first-order chi connectivity index (χ1) is 21.6. The number of nitrogens with zero attached hydrogens (tertiary/aromatic N) is 2. The van der Waals surface area contributed by atoms with Gasteiger partial charge in [0.2, 0.25) is 0 Å². The monoisotopic (exact) mass is 598 g/mol. The first kappa shape index (κ1) is 30.9. The highest BCUT2D eigenvalue weighted by atomic mass is 16.4. The van der Waals surface area contributed by atoms with Crippen molar-refractivity contribution in [3.05, 3.63) is 132 Å². The average molecular weight is 599 g/mol. The Hall–Kier alpha value is -5.56. The summed E-state index contributed by atoms with van der Waals surface area (Å²) in [5.41, 5.74) is 5.05. The Kier molecular flexibility index (Phi) is 8.91. The molecule has 0 saturated carbocycles. The number of allylic oxidation sites excluding steroid dienone is 2. The van der Waals surface area contributed by atoms with E-state index in [0.717, 1.165) is 27.2 Å². The summed E-state index contributed by atoms with van der Waals surface area (Å²) in [4.78, 5) is 40.8. The molecule has 0 amide bonds. The van der Waals surface area contributed by atoms with E-state index < -0.39 is 11.9 Å². The number of carboxylic acid groups (broad SMARTS) is 2. The predicted molar refractivity (Wildman–Crippen MR) is 180 cm³/mol. The molecule has 5 aromatic carbocycles. The number of benzene rings is 5. The SMILES string of the molecule is CN1C(=CC=Nc2cccc(C(=O)O)c2)C(C)(C)c2ccccc21.O=C(O)CCC(=O)c1c2ccccc2cc2ccccc12. The molecule has 226 valence electrons. The number of carbonyl (C=O) groups excluding carboxylic acids is 1. The number of carbonyl (C=O) groups is 3. The van der Waals surface area contributed by atoms with Gasteiger partial charge < -0.3 is 15.1 Å². The van der Waals surface area contributed by atoms with E-state index in [1.165, 1.54) is 11.3 Å². The number of anilines is 1. The fraction of sp³-hybridized carbons (Fsp3) is 0.158. The molecule has 0 saturated heterocycles. The van der Waals surface area contributed by atoms with Gasteiger partial charge in [0.05, 0.1) is 17.7 Å². The molecule has 5 aromatic rings. The minimum Gasteiger partial charge on any atom is -0.481 e. The second kappa shape index (κ2) is 13.0.